The Hall–Kier alpha value is -0.400. The molecule has 3 nitrogen and oxygen atoms in total. The first kappa shape index (κ1) is 8.87. The molecule has 1 aliphatic heterocycles. The average Bonchev–Trinajstić information content (AvgIpc) is 2.65. The lowest BCUT2D eigenvalue weighted by atomic mass is 10.2. The van der Waals surface area contributed by atoms with Crippen LogP contribution in [0.3, 0.4) is 0 Å². The monoisotopic (exact) mass is 318 g/mol. The minimum Gasteiger partial charge on any atom is -0.447 e. The van der Waals surface area contributed by atoms with E-state index < -0.39 is 0 Å². The van der Waals surface area contributed by atoms with E-state index in [-0.39, 0.29) is 5.50 Å². The summed E-state index contributed by atoms with van der Waals surface area (Å²) in [6.07, 6.45) is 0. The quantitative estimate of drug-likeness (QED) is 0.599. The summed E-state index contributed by atoms with van der Waals surface area (Å²) >= 11 is 3.78. The first-order valence-corrected chi connectivity index (χ1v) is 6.00. The van der Waals surface area contributed by atoms with Crippen LogP contribution in [0.4, 0.5) is 5.69 Å². The third kappa shape index (κ3) is 1.09. The molecule has 0 radical (unpaired) electrons. The summed E-state index contributed by atoms with van der Waals surface area (Å²) in [4.78, 5) is 0. The first-order chi connectivity index (χ1) is 6.77. The third-order valence-electron chi connectivity index (χ3n) is 2.20. The zero-order valence-corrected chi connectivity index (χ0v) is 10.1. The van der Waals surface area contributed by atoms with Crippen LogP contribution < -0.4 is 8.85 Å². The highest BCUT2D eigenvalue weighted by Gasteiger charge is 2.31. The Balaban J connectivity index is 2.32. The summed E-state index contributed by atoms with van der Waals surface area (Å²) in [5.41, 5.74) is 7.89. The molecule has 0 amide bonds. The number of benzene rings is 1. The molecular weight excluding hydrogens is 311 g/mol. The summed E-state index contributed by atoms with van der Waals surface area (Å²) in [5.74, 6) is 0. The molecule has 1 aromatic heterocycles. The number of anilines is 1. The summed E-state index contributed by atoms with van der Waals surface area (Å²) in [7, 11) is 0. The van der Waals surface area contributed by atoms with Gasteiger partial charge < -0.3 is 10.2 Å². The molecule has 2 N–H and O–H groups in total. The van der Waals surface area contributed by atoms with Gasteiger partial charge in [-0.3, -0.25) is 3.11 Å². The number of thioether (sulfide) groups is 1. The van der Waals surface area contributed by atoms with E-state index in [2.05, 4.69) is 28.9 Å². The SMILES string of the molecule is NC1Sc2oc3ccccc3c2N1I. The van der Waals surface area contributed by atoms with Gasteiger partial charge >= 0.3 is 0 Å². The van der Waals surface area contributed by atoms with Crippen molar-refractivity contribution in [3.05, 3.63) is 24.3 Å². The second-order valence-corrected chi connectivity index (χ2v) is 5.18. The number of hydrogen-bond donors (Lipinski definition) is 1. The van der Waals surface area contributed by atoms with Crippen molar-refractivity contribution in [1.82, 2.24) is 0 Å². The third-order valence-corrected chi connectivity index (χ3v) is 4.61. The van der Waals surface area contributed by atoms with Crippen molar-refractivity contribution < 1.29 is 4.42 Å². The zero-order valence-electron chi connectivity index (χ0n) is 7.11. The molecular formula is C9H7IN2OS. The summed E-state index contributed by atoms with van der Waals surface area (Å²) in [6, 6.07) is 8.02. The Kier molecular flexibility index (Phi) is 1.93. The van der Waals surface area contributed by atoms with E-state index in [9.17, 15) is 0 Å². The smallest absolute Gasteiger partial charge is 0.189 e. The van der Waals surface area contributed by atoms with Crippen molar-refractivity contribution in [3.8, 4) is 0 Å². The van der Waals surface area contributed by atoms with Crippen LogP contribution in [0.1, 0.15) is 0 Å². The fraction of sp³-hybridized carbons (Fsp3) is 0.111. The molecule has 0 aliphatic carbocycles. The molecule has 3 rings (SSSR count). The van der Waals surface area contributed by atoms with Gasteiger partial charge in [-0.1, -0.05) is 12.1 Å². The number of fused-ring (bicyclic) bond motifs is 3. The number of furan rings is 1. The van der Waals surface area contributed by atoms with E-state index in [4.69, 9.17) is 10.2 Å². The molecule has 1 aromatic carbocycles. The lowest BCUT2D eigenvalue weighted by molar-refractivity contribution is 0.520. The van der Waals surface area contributed by atoms with Crippen LogP contribution >= 0.6 is 34.6 Å². The van der Waals surface area contributed by atoms with E-state index in [1.54, 1.807) is 11.8 Å². The van der Waals surface area contributed by atoms with E-state index in [1.165, 1.54) is 0 Å². The second-order valence-electron chi connectivity index (χ2n) is 3.05. The van der Waals surface area contributed by atoms with Crippen LogP contribution in [0.5, 0.6) is 0 Å². The van der Waals surface area contributed by atoms with E-state index in [0.29, 0.717) is 0 Å². The molecule has 1 atom stereocenters. The van der Waals surface area contributed by atoms with Crippen molar-refractivity contribution in [2.75, 3.05) is 3.11 Å². The summed E-state index contributed by atoms with van der Waals surface area (Å²) < 4.78 is 7.71. The predicted octanol–water partition coefficient (Wildman–Crippen LogP) is 2.94. The molecule has 72 valence electrons. The van der Waals surface area contributed by atoms with E-state index in [0.717, 1.165) is 21.7 Å². The van der Waals surface area contributed by atoms with Gasteiger partial charge in [0.25, 0.3) is 0 Å². The maximum atomic E-state index is 5.89. The van der Waals surface area contributed by atoms with Crippen molar-refractivity contribution >= 4 is 51.3 Å². The van der Waals surface area contributed by atoms with Gasteiger partial charge in [-0.15, -0.1) is 0 Å². The van der Waals surface area contributed by atoms with Gasteiger partial charge in [0.05, 0.1) is 22.9 Å². The van der Waals surface area contributed by atoms with Gasteiger partial charge in [-0.25, -0.2) is 0 Å². The standard InChI is InChI=1S/C9H7IN2OS/c10-12-7-5-3-1-2-4-6(5)13-8(7)14-9(12)11/h1-4,9H,11H2. The van der Waals surface area contributed by atoms with Gasteiger partial charge in [-0.2, -0.15) is 0 Å². The summed E-state index contributed by atoms with van der Waals surface area (Å²) in [5, 5.41) is 2.06. The maximum absolute atomic E-state index is 5.89. The average molecular weight is 318 g/mol. The molecule has 0 fully saturated rings. The van der Waals surface area contributed by atoms with Crippen LogP contribution in [-0.2, 0) is 0 Å². The van der Waals surface area contributed by atoms with Crippen LogP contribution in [0.25, 0.3) is 11.0 Å². The number of hydrogen-bond acceptors (Lipinski definition) is 4. The predicted molar refractivity (Wildman–Crippen MR) is 66.5 cm³/mol. The number of halogens is 1. The largest absolute Gasteiger partial charge is 0.447 e. The highest BCUT2D eigenvalue weighted by atomic mass is 127. The number of para-hydroxylation sites is 1. The van der Waals surface area contributed by atoms with Gasteiger partial charge in [0.15, 0.2) is 5.09 Å². The maximum Gasteiger partial charge on any atom is 0.189 e. The Morgan fingerprint density at radius 3 is 3.07 bits per heavy atom. The fourth-order valence-electron chi connectivity index (χ4n) is 1.57. The summed E-state index contributed by atoms with van der Waals surface area (Å²) in [6.45, 7) is 0. The number of rotatable bonds is 0. The van der Waals surface area contributed by atoms with Crippen molar-refractivity contribution in [2.45, 2.75) is 10.6 Å². The van der Waals surface area contributed by atoms with Crippen molar-refractivity contribution in [1.29, 1.82) is 0 Å². The molecule has 5 heteroatoms. The first-order valence-electron chi connectivity index (χ1n) is 4.16. The topological polar surface area (TPSA) is 42.4 Å². The molecule has 14 heavy (non-hydrogen) atoms. The molecule has 0 saturated heterocycles. The normalized spacial score (nSPS) is 20.4. The number of nitrogens with zero attached hydrogens (tertiary/aromatic N) is 1. The minimum absolute atomic E-state index is 0.0334. The van der Waals surface area contributed by atoms with Crippen molar-refractivity contribution in [3.63, 3.8) is 0 Å². The molecule has 2 heterocycles. The second kappa shape index (κ2) is 3.04. The van der Waals surface area contributed by atoms with Crippen LogP contribution in [-0.4, -0.2) is 5.50 Å². The molecule has 0 bridgehead atoms. The van der Waals surface area contributed by atoms with Crippen LogP contribution in [0, 0.1) is 0 Å². The molecule has 1 aliphatic rings. The lowest BCUT2D eigenvalue weighted by Crippen LogP contribution is -2.27. The zero-order chi connectivity index (χ0) is 9.71. The lowest BCUT2D eigenvalue weighted by Gasteiger charge is -2.13. The van der Waals surface area contributed by atoms with Crippen molar-refractivity contribution in [2.24, 2.45) is 5.73 Å². The molecule has 0 spiro atoms. The fourth-order valence-corrected chi connectivity index (χ4v) is 3.43. The Morgan fingerprint density at radius 1 is 1.43 bits per heavy atom. The van der Waals surface area contributed by atoms with Gasteiger partial charge in [0, 0.05) is 5.39 Å². The van der Waals surface area contributed by atoms with Crippen LogP contribution in [0.2, 0.25) is 0 Å². The number of nitrogens with two attached hydrogens (primary N) is 1. The molecule has 1 unspecified atom stereocenters. The Morgan fingerprint density at radius 2 is 2.21 bits per heavy atom. The van der Waals surface area contributed by atoms with E-state index in [1.807, 2.05) is 21.3 Å². The van der Waals surface area contributed by atoms with Crippen LogP contribution in [0.15, 0.2) is 33.8 Å². The minimum atomic E-state index is -0.0334. The van der Waals surface area contributed by atoms with Gasteiger partial charge in [-0.05, 0) is 23.9 Å². The van der Waals surface area contributed by atoms with Gasteiger partial charge in [0.2, 0.25) is 0 Å². The highest BCUT2D eigenvalue weighted by molar-refractivity contribution is 14.1. The van der Waals surface area contributed by atoms with E-state index >= 15 is 0 Å². The molecule has 2 aromatic rings. The molecule has 0 saturated carbocycles. The van der Waals surface area contributed by atoms with Gasteiger partial charge in [0.1, 0.15) is 16.8 Å². The Labute approximate surface area is 99.1 Å². The Bertz CT molecular complexity index is 499. The highest BCUT2D eigenvalue weighted by Crippen LogP contribution is 2.49.